The van der Waals surface area contributed by atoms with E-state index in [2.05, 4.69) is 15.9 Å². The van der Waals surface area contributed by atoms with Crippen LogP contribution in [0.25, 0.3) is 0 Å². The van der Waals surface area contributed by atoms with E-state index >= 15 is 0 Å². The largest absolute Gasteiger partial charge is 0.507 e. The Labute approximate surface area is 90.5 Å². The Kier molecular flexibility index (Phi) is 3.66. The fourth-order valence-electron chi connectivity index (χ4n) is 1.10. The first-order valence-electron chi connectivity index (χ1n) is 4.17. The van der Waals surface area contributed by atoms with Crippen LogP contribution in [0, 0.1) is 0 Å². The van der Waals surface area contributed by atoms with Crippen LogP contribution in [-0.4, -0.2) is 20.8 Å². The molecule has 2 N–H and O–H groups in total. The van der Waals surface area contributed by atoms with Crippen LogP contribution in [0.15, 0.2) is 18.2 Å². The van der Waals surface area contributed by atoms with E-state index < -0.39 is 0 Å². The maximum Gasteiger partial charge on any atom is 0.179 e. The van der Waals surface area contributed by atoms with Gasteiger partial charge in [0, 0.05) is 0 Å². The molecule has 0 aliphatic heterocycles. The number of hydrogen-bond donors (Lipinski definition) is 2. The lowest BCUT2D eigenvalue weighted by Gasteiger charge is -2.06. The van der Waals surface area contributed by atoms with Gasteiger partial charge in [0.1, 0.15) is 5.75 Å². The summed E-state index contributed by atoms with van der Waals surface area (Å²) in [6.45, 7) is 1.55. The highest BCUT2D eigenvalue weighted by atomic mass is 79.9. The van der Waals surface area contributed by atoms with E-state index in [-0.39, 0.29) is 28.5 Å². The molecule has 1 rings (SSSR count). The van der Waals surface area contributed by atoms with Crippen molar-refractivity contribution in [2.45, 2.75) is 18.4 Å². The second-order valence-corrected chi connectivity index (χ2v) is 4.36. The van der Waals surface area contributed by atoms with E-state index in [0.717, 1.165) is 0 Å². The highest BCUT2D eigenvalue weighted by Crippen LogP contribution is 2.22. The Morgan fingerprint density at radius 3 is 2.64 bits per heavy atom. The van der Waals surface area contributed by atoms with Gasteiger partial charge >= 0.3 is 0 Å². The van der Waals surface area contributed by atoms with Crippen molar-refractivity contribution < 1.29 is 15.0 Å². The Hall–Kier alpha value is -0.870. The summed E-state index contributed by atoms with van der Waals surface area (Å²) in [6, 6.07) is 4.52. The fraction of sp³-hybridized carbons (Fsp3) is 0.300. The maximum absolute atomic E-state index is 11.5. The van der Waals surface area contributed by atoms with E-state index in [4.69, 9.17) is 5.11 Å². The average molecular weight is 259 g/mol. The lowest BCUT2D eigenvalue weighted by Crippen LogP contribution is -2.10. The van der Waals surface area contributed by atoms with Crippen LogP contribution in [0.5, 0.6) is 5.75 Å². The summed E-state index contributed by atoms with van der Waals surface area (Å²) < 4.78 is 0. The first-order chi connectivity index (χ1) is 6.56. The third kappa shape index (κ3) is 2.33. The molecule has 0 radical (unpaired) electrons. The van der Waals surface area contributed by atoms with E-state index in [1.807, 2.05) is 0 Å². The van der Waals surface area contributed by atoms with Crippen molar-refractivity contribution in [1.82, 2.24) is 0 Å². The van der Waals surface area contributed by atoms with Crippen LogP contribution in [-0.2, 0) is 6.61 Å². The predicted octanol–water partition coefficient (Wildman–Crippen LogP) is 1.85. The quantitative estimate of drug-likeness (QED) is 0.643. The SMILES string of the molecule is CC(Br)C(=O)c1ccc(CO)cc1O. The van der Waals surface area contributed by atoms with Gasteiger partial charge in [-0.15, -0.1) is 0 Å². The zero-order valence-corrected chi connectivity index (χ0v) is 9.28. The number of phenolic OH excluding ortho intramolecular Hbond substituents is 1. The molecule has 76 valence electrons. The van der Waals surface area contributed by atoms with E-state index in [1.54, 1.807) is 13.0 Å². The van der Waals surface area contributed by atoms with E-state index in [0.29, 0.717) is 5.56 Å². The summed E-state index contributed by atoms with van der Waals surface area (Å²) in [4.78, 5) is 11.2. The number of benzene rings is 1. The third-order valence-corrected chi connectivity index (χ3v) is 2.29. The van der Waals surface area contributed by atoms with Gasteiger partial charge in [0.05, 0.1) is 17.0 Å². The summed E-state index contributed by atoms with van der Waals surface area (Å²) in [5, 5.41) is 18.3. The molecule has 0 saturated carbocycles. The van der Waals surface area contributed by atoms with Gasteiger partial charge in [-0.3, -0.25) is 4.79 Å². The van der Waals surface area contributed by atoms with Crippen LogP contribution >= 0.6 is 15.9 Å². The van der Waals surface area contributed by atoms with Crippen molar-refractivity contribution in [3.63, 3.8) is 0 Å². The Morgan fingerprint density at radius 1 is 1.57 bits per heavy atom. The smallest absolute Gasteiger partial charge is 0.179 e. The van der Waals surface area contributed by atoms with Crippen molar-refractivity contribution in [1.29, 1.82) is 0 Å². The minimum absolute atomic E-state index is 0.0900. The molecule has 0 aromatic heterocycles. The van der Waals surface area contributed by atoms with Gasteiger partial charge in [0.2, 0.25) is 0 Å². The number of ketones is 1. The summed E-state index contributed by atoms with van der Waals surface area (Å²) in [7, 11) is 0. The molecule has 0 aliphatic carbocycles. The second kappa shape index (κ2) is 4.57. The molecule has 0 aliphatic rings. The molecule has 14 heavy (non-hydrogen) atoms. The molecule has 1 atom stereocenters. The number of alkyl halides is 1. The molecule has 0 amide bonds. The highest BCUT2D eigenvalue weighted by Gasteiger charge is 2.15. The molecular weight excluding hydrogens is 248 g/mol. The van der Waals surface area contributed by atoms with E-state index in [1.165, 1.54) is 12.1 Å². The van der Waals surface area contributed by atoms with E-state index in [9.17, 15) is 9.90 Å². The number of phenols is 1. The van der Waals surface area contributed by atoms with Gasteiger partial charge in [-0.25, -0.2) is 0 Å². The zero-order chi connectivity index (χ0) is 10.7. The van der Waals surface area contributed by atoms with Gasteiger partial charge in [0.25, 0.3) is 0 Å². The number of Topliss-reactive ketones (excluding diaryl/α,β-unsaturated/α-hetero) is 1. The molecule has 0 bridgehead atoms. The number of aromatic hydroxyl groups is 1. The average Bonchev–Trinajstić information content (AvgIpc) is 2.16. The number of halogens is 1. The Morgan fingerprint density at radius 2 is 2.21 bits per heavy atom. The normalized spacial score (nSPS) is 12.5. The van der Waals surface area contributed by atoms with Crippen molar-refractivity contribution >= 4 is 21.7 Å². The van der Waals surface area contributed by atoms with Gasteiger partial charge in [-0.2, -0.15) is 0 Å². The monoisotopic (exact) mass is 258 g/mol. The minimum atomic E-state index is -0.326. The molecule has 0 saturated heterocycles. The number of carbonyl (C=O) groups is 1. The molecule has 0 fully saturated rings. The van der Waals surface area contributed by atoms with Crippen LogP contribution < -0.4 is 0 Å². The molecule has 1 unspecified atom stereocenters. The van der Waals surface area contributed by atoms with Gasteiger partial charge < -0.3 is 10.2 Å². The predicted molar refractivity (Wildman–Crippen MR) is 56.7 cm³/mol. The molecule has 4 heteroatoms. The van der Waals surface area contributed by atoms with Crippen molar-refractivity contribution in [2.75, 3.05) is 0 Å². The second-order valence-electron chi connectivity index (χ2n) is 2.99. The van der Waals surface area contributed by atoms with Gasteiger partial charge in [-0.05, 0) is 24.6 Å². The van der Waals surface area contributed by atoms with Crippen molar-refractivity contribution in [2.24, 2.45) is 0 Å². The van der Waals surface area contributed by atoms with Gasteiger partial charge in [0.15, 0.2) is 5.78 Å². The third-order valence-electron chi connectivity index (χ3n) is 1.87. The Balaban J connectivity index is 3.06. The lowest BCUT2D eigenvalue weighted by atomic mass is 10.1. The van der Waals surface area contributed by atoms with Gasteiger partial charge in [-0.1, -0.05) is 22.0 Å². The van der Waals surface area contributed by atoms with Crippen LogP contribution in [0.3, 0.4) is 0 Å². The van der Waals surface area contributed by atoms with Crippen LogP contribution in [0.2, 0.25) is 0 Å². The summed E-state index contributed by atoms with van der Waals surface area (Å²) in [5.41, 5.74) is 0.854. The van der Waals surface area contributed by atoms with Crippen LogP contribution in [0.4, 0.5) is 0 Å². The maximum atomic E-state index is 11.5. The molecular formula is C10H11BrO3. The first kappa shape index (κ1) is 11.2. The molecule has 3 nitrogen and oxygen atoms in total. The number of aliphatic hydroxyl groups excluding tert-OH is 1. The number of hydrogen-bond acceptors (Lipinski definition) is 3. The number of carbonyl (C=O) groups excluding carboxylic acids is 1. The van der Waals surface area contributed by atoms with Crippen molar-refractivity contribution in [3.8, 4) is 5.75 Å². The summed E-state index contributed by atoms with van der Waals surface area (Å²) >= 11 is 3.14. The topological polar surface area (TPSA) is 57.5 Å². The number of aliphatic hydroxyl groups is 1. The standard InChI is InChI=1S/C10H11BrO3/c1-6(11)10(14)8-3-2-7(5-12)4-9(8)13/h2-4,6,12-13H,5H2,1H3. The fourth-order valence-corrected chi connectivity index (χ4v) is 1.34. The minimum Gasteiger partial charge on any atom is -0.507 e. The highest BCUT2D eigenvalue weighted by molar-refractivity contribution is 9.10. The van der Waals surface area contributed by atoms with Crippen LogP contribution in [0.1, 0.15) is 22.8 Å². The Bertz CT molecular complexity index is 347. The van der Waals surface area contributed by atoms with Crippen molar-refractivity contribution in [3.05, 3.63) is 29.3 Å². The molecule has 0 spiro atoms. The summed E-state index contributed by atoms with van der Waals surface area (Å²) in [5.74, 6) is -0.264. The molecule has 0 heterocycles. The molecule has 1 aromatic rings. The lowest BCUT2D eigenvalue weighted by molar-refractivity contribution is 0.0993. The zero-order valence-electron chi connectivity index (χ0n) is 7.70. The summed E-state index contributed by atoms with van der Waals surface area (Å²) in [6.07, 6.45) is 0. The first-order valence-corrected chi connectivity index (χ1v) is 5.09. The molecule has 1 aromatic carbocycles. The number of rotatable bonds is 3.